The molecular weight excluding hydrogens is 248 g/mol. The van der Waals surface area contributed by atoms with Crippen molar-refractivity contribution in [1.29, 1.82) is 0 Å². The normalized spacial score (nSPS) is 14.5. The van der Waals surface area contributed by atoms with Gasteiger partial charge in [0.05, 0.1) is 4.92 Å². The van der Waals surface area contributed by atoms with Crippen molar-refractivity contribution in [3.63, 3.8) is 0 Å². The van der Waals surface area contributed by atoms with Crippen LogP contribution in [0.4, 0.5) is 5.69 Å². The molecule has 0 aromatic heterocycles. The maximum Gasteiger partial charge on any atom is 0.270 e. The summed E-state index contributed by atoms with van der Waals surface area (Å²) in [6.07, 6.45) is 0.850. The molecule has 0 bridgehead atoms. The van der Waals surface area contributed by atoms with E-state index in [0.29, 0.717) is 4.62 Å². The summed E-state index contributed by atoms with van der Waals surface area (Å²) in [5, 5.41) is 10.5. The Morgan fingerprint density at radius 1 is 1.50 bits per heavy atom. The van der Waals surface area contributed by atoms with Gasteiger partial charge in [-0.05, 0) is 27.9 Å². The van der Waals surface area contributed by atoms with E-state index in [9.17, 15) is 10.1 Å². The quantitative estimate of drug-likeness (QED) is 0.571. The van der Waals surface area contributed by atoms with Gasteiger partial charge in [0.25, 0.3) is 5.69 Å². The van der Waals surface area contributed by atoms with E-state index >= 15 is 0 Å². The zero-order valence-corrected chi connectivity index (χ0v) is 8.82. The van der Waals surface area contributed by atoms with Crippen molar-refractivity contribution in [2.45, 2.75) is 6.42 Å². The molecule has 1 heterocycles. The first-order chi connectivity index (χ1) is 6.68. The molecule has 1 aliphatic heterocycles. The van der Waals surface area contributed by atoms with Crippen LogP contribution in [0.1, 0.15) is 11.1 Å². The van der Waals surface area contributed by atoms with Crippen LogP contribution in [0.5, 0.6) is 0 Å². The monoisotopic (exact) mass is 254 g/mol. The molecule has 1 aromatic carbocycles. The van der Waals surface area contributed by atoms with Crippen LogP contribution in [0.15, 0.2) is 23.2 Å². The highest BCUT2D eigenvalue weighted by Gasteiger charge is 2.15. The summed E-state index contributed by atoms with van der Waals surface area (Å²) in [5.74, 6) is 0. The topological polar surface area (TPSA) is 55.5 Å². The number of nitro benzene ring substituents is 1. The zero-order valence-electron chi connectivity index (χ0n) is 7.24. The van der Waals surface area contributed by atoms with Crippen LogP contribution in [0, 0.1) is 10.1 Å². The van der Waals surface area contributed by atoms with Crippen LogP contribution in [0.3, 0.4) is 0 Å². The fourth-order valence-corrected chi connectivity index (χ4v) is 1.99. The number of hydrogen-bond donors (Lipinski definition) is 0. The van der Waals surface area contributed by atoms with E-state index in [1.165, 1.54) is 6.07 Å². The summed E-state index contributed by atoms with van der Waals surface area (Å²) in [6.45, 7) is 0.741. The number of halogens is 1. The lowest BCUT2D eigenvalue weighted by molar-refractivity contribution is -0.384. The Morgan fingerprint density at radius 2 is 2.29 bits per heavy atom. The number of nitro groups is 1. The Hall–Kier alpha value is -1.23. The van der Waals surface area contributed by atoms with Crippen molar-refractivity contribution < 1.29 is 4.92 Å². The molecule has 0 aliphatic carbocycles. The fraction of sp³-hybridized carbons (Fsp3) is 0.222. The van der Waals surface area contributed by atoms with E-state index in [1.54, 1.807) is 12.1 Å². The summed E-state index contributed by atoms with van der Waals surface area (Å²) < 4.78 is 0.711. The second kappa shape index (κ2) is 3.49. The predicted molar refractivity (Wildman–Crippen MR) is 57.1 cm³/mol. The van der Waals surface area contributed by atoms with Crippen LogP contribution in [0.25, 0.3) is 0 Å². The number of non-ortho nitro benzene ring substituents is 1. The van der Waals surface area contributed by atoms with Gasteiger partial charge in [0.2, 0.25) is 0 Å². The summed E-state index contributed by atoms with van der Waals surface area (Å²) >= 11 is 3.30. The molecule has 14 heavy (non-hydrogen) atoms. The highest BCUT2D eigenvalue weighted by Crippen LogP contribution is 2.23. The van der Waals surface area contributed by atoms with Crippen LogP contribution in [-0.4, -0.2) is 16.1 Å². The minimum Gasteiger partial charge on any atom is -0.277 e. The van der Waals surface area contributed by atoms with E-state index in [-0.39, 0.29) is 5.69 Å². The molecule has 0 saturated heterocycles. The van der Waals surface area contributed by atoms with Crippen LogP contribution in [-0.2, 0) is 6.42 Å². The van der Waals surface area contributed by atoms with Crippen LogP contribution in [0.2, 0.25) is 0 Å². The molecule has 1 aliphatic rings. The third-order valence-electron chi connectivity index (χ3n) is 2.16. The number of hydrogen-bond acceptors (Lipinski definition) is 3. The molecule has 0 unspecified atom stereocenters. The first-order valence-corrected chi connectivity index (χ1v) is 4.95. The first-order valence-electron chi connectivity index (χ1n) is 4.16. The summed E-state index contributed by atoms with van der Waals surface area (Å²) in [4.78, 5) is 14.3. The number of fused-ring (bicyclic) bond motifs is 1. The van der Waals surface area contributed by atoms with Crippen LogP contribution >= 0.6 is 15.9 Å². The molecule has 0 N–H and O–H groups in total. The fourth-order valence-electron chi connectivity index (χ4n) is 1.45. The first kappa shape index (κ1) is 9.33. The van der Waals surface area contributed by atoms with Crippen molar-refractivity contribution in [1.82, 2.24) is 0 Å². The number of nitrogens with zero attached hydrogens (tertiary/aromatic N) is 2. The third-order valence-corrected chi connectivity index (χ3v) is 2.84. The van der Waals surface area contributed by atoms with Gasteiger partial charge < -0.3 is 0 Å². The standard InChI is InChI=1S/C9H7BrN2O2/c10-9-8-5-7(12(13)14)2-1-6(8)3-4-11-9/h1-2,5H,3-4H2. The number of aliphatic imine (C=N–C) groups is 1. The van der Waals surface area contributed by atoms with Gasteiger partial charge in [-0.25, -0.2) is 0 Å². The smallest absolute Gasteiger partial charge is 0.270 e. The number of rotatable bonds is 1. The lowest BCUT2D eigenvalue weighted by Gasteiger charge is -2.11. The van der Waals surface area contributed by atoms with E-state index in [0.717, 1.165) is 24.1 Å². The Morgan fingerprint density at radius 3 is 3.00 bits per heavy atom. The molecule has 0 atom stereocenters. The Balaban J connectivity index is 2.53. The molecular formula is C9H7BrN2O2. The summed E-state index contributed by atoms with van der Waals surface area (Å²) in [5.41, 5.74) is 2.06. The minimum absolute atomic E-state index is 0.109. The molecule has 0 saturated carbocycles. The van der Waals surface area contributed by atoms with Gasteiger partial charge in [-0.15, -0.1) is 0 Å². The largest absolute Gasteiger partial charge is 0.277 e. The maximum absolute atomic E-state index is 10.5. The van der Waals surface area contributed by atoms with Gasteiger partial charge in [-0.2, -0.15) is 0 Å². The molecule has 72 valence electrons. The molecule has 0 amide bonds. The molecule has 0 spiro atoms. The molecule has 1 aromatic rings. The van der Waals surface area contributed by atoms with Crippen molar-refractivity contribution in [3.8, 4) is 0 Å². The van der Waals surface area contributed by atoms with Crippen molar-refractivity contribution >= 4 is 26.2 Å². The van der Waals surface area contributed by atoms with Gasteiger partial charge in [0.15, 0.2) is 0 Å². The van der Waals surface area contributed by atoms with E-state index in [4.69, 9.17) is 0 Å². The van der Waals surface area contributed by atoms with E-state index in [2.05, 4.69) is 20.9 Å². The molecule has 0 fully saturated rings. The summed E-state index contributed by atoms with van der Waals surface area (Å²) in [7, 11) is 0. The lowest BCUT2D eigenvalue weighted by atomic mass is 10.0. The van der Waals surface area contributed by atoms with Crippen molar-refractivity contribution in [2.24, 2.45) is 4.99 Å². The lowest BCUT2D eigenvalue weighted by Crippen LogP contribution is -2.08. The average Bonchev–Trinajstić information content (AvgIpc) is 2.18. The maximum atomic E-state index is 10.5. The average molecular weight is 255 g/mol. The second-order valence-corrected chi connectivity index (χ2v) is 3.77. The second-order valence-electron chi connectivity index (χ2n) is 3.02. The van der Waals surface area contributed by atoms with E-state index < -0.39 is 4.92 Å². The Kier molecular flexibility index (Phi) is 2.33. The Labute approximate surface area is 88.9 Å². The zero-order chi connectivity index (χ0) is 10.1. The third kappa shape index (κ3) is 1.55. The number of benzene rings is 1. The van der Waals surface area contributed by atoms with Gasteiger partial charge in [0, 0.05) is 24.2 Å². The van der Waals surface area contributed by atoms with Crippen molar-refractivity contribution in [3.05, 3.63) is 39.4 Å². The highest BCUT2D eigenvalue weighted by molar-refractivity contribution is 9.18. The predicted octanol–water partition coefficient (Wildman–Crippen LogP) is 2.29. The highest BCUT2D eigenvalue weighted by atomic mass is 79.9. The SMILES string of the molecule is O=[N+]([O-])c1ccc2c(c1)C(Br)=NCC2. The van der Waals surface area contributed by atoms with Gasteiger partial charge in [0.1, 0.15) is 4.62 Å². The van der Waals surface area contributed by atoms with Gasteiger partial charge >= 0.3 is 0 Å². The summed E-state index contributed by atoms with van der Waals surface area (Å²) in [6, 6.07) is 4.88. The molecule has 0 radical (unpaired) electrons. The van der Waals surface area contributed by atoms with Gasteiger partial charge in [-0.3, -0.25) is 15.1 Å². The molecule has 5 heteroatoms. The van der Waals surface area contributed by atoms with Crippen LogP contribution < -0.4 is 0 Å². The molecule has 4 nitrogen and oxygen atoms in total. The van der Waals surface area contributed by atoms with Gasteiger partial charge in [-0.1, -0.05) is 6.07 Å². The Bertz CT molecular complexity index is 429. The van der Waals surface area contributed by atoms with E-state index in [1.807, 2.05) is 0 Å². The molecule has 2 rings (SSSR count). The minimum atomic E-state index is -0.394. The van der Waals surface area contributed by atoms with Crippen molar-refractivity contribution in [2.75, 3.05) is 6.54 Å².